The van der Waals surface area contributed by atoms with Crippen LogP contribution in [0.3, 0.4) is 0 Å². The first-order valence-electron chi connectivity index (χ1n) is 5.37. The van der Waals surface area contributed by atoms with E-state index in [2.05, 4.69) is 10.1 Å². The van der Waals surface area contributed by atoms with Crippen molar-refractivity contribution in [2.24, 2.45) is 7.05 Å². The van der Waals surface area contributed by atoms with Crippen LogP contribution in [0.5, 0.6) is 0 Å². The molecular formula is C10H10N4O4S2. The van der Waals surface area contributed by atoms with Crippen LogP contribution in [0.25, 0.3) is 0 Å². The number of nitro groups is 1. The maximum Gasteiger partial charge on any atom is 0.347 e. The number of carboxylic acids is 1. The molecule has 20 heavy (non-hydrogen) atoms. The van der Waals surface area contributed by atoms with Crippen LogP contribution in [0.15, 0.2) is 9.37 Å². The van der Waals surface area contributed by atoms with Gasteiger partial charge in [0.05, 0.1) is 10.6 Å². The zero-order valence-corrected chi connectivity index (χ0v) is 12.4. The van der Waals surface area contributed by atoms with Gasteiger partial charge in [-0.05, 0) is 25.6 Å². The van der Waals surface area contributed by atoms with Crippen molar-refractivity contribution in [1.82, 2.24) is 14.8 Å². The second-order valence-electron chi connectivity index (χ2n) is 3.92. The fourth-order valence-electron chi connectivity index (χ4n) is 1.65. The number of nitrogens with zero attached hydrogens (tertiary/aromatic N) is 4. The first-order chi connectivity index (χ1) is 9.31. The normalized spacial score (nSPS) is 10.8. The van der Waals surface area contributed by atoms with Gasteiger partial charge in [0.15, 0.2) is 9.37 Å². The van der Waals surface area contributed by atoms with Crippen molar-refractivity contribution in [2.75, 3.05) is 0 Å². The summed E-state index contributed by atoms with van der Waals surface area (Å²) in [7, 11) is 1.60. The standard InChI is InChI=1S/C10H10N4O4S2/c1-4-6(14(17)18)8(13(3)12-4)20-10-11-5(2)7(19-10)9(15)16/h1-3H3,(H,15,16). The lowest BCUT2D eigenvalue weighted by Crippen LogP contribution is -1.94. The monoisotopic (exact) mass is 314 g/mol. The first kappa shape index (κ1) is 14.5. The Labute approximate surface area is 121 Å². The molecule has 1 N–H and O–H groups in total. The Morgan fingerprint density at radius 1 is 1.45 bits per heavy atom. The van der Waals surface area contributed by atoms with Crippen LogP contribution in [0.1, 0.15) is 21.1 Å². The predicted octanol–water partition coefficient (Wildman–Crippen LogP) is 2.25. The average molecular weight is 314 g/mol. The second kappa shape index (κ2) is 5.21. The Morgan fingerprint density at radius 3 is 2.60 bits per heavy atom. The van der Waals surface area contributed by atoms with Crippen molar-refractivity contribution in [3.8, 4) is 0 Å². The molecule has 0 bridgehead atoms. The van der Waals surface area contributed by atoms with E-state index in [4.69, 9.17) is 5.11 Å². The maximum absolute atomic E-state index is 11.1. The van der Waals surface area contributed by atoms with Crippen molar-refractivity contribution < 1.29 is 14.8 Å². The molecule has 106 valence electrons. The van der Waals surface area contributed by atoms with Crippen LogP contribution in [0.2, 0.25) is 0 Å². The van der Waals surface area contributed by atoms with E-state index < -0.39 is 10.9 Å². The largest absolute Gasteiger partial charge is 0.477 e. The van der Waals surface area contributed by atoms with Gasteiger partial charge in [-0.15, -0.1) is 0 Å². The third-order valence-corrected chi connectivity index (χ3v) is 4.83. The van der Waals surface area contributed by atoms with E-state index in [1.165, 1.54) is 4.68 Å². The fourth-order valence-corrected chi connectivity index (χ4v) is 3.78. The summed E-state index contributed by atoms with van der Waals surface area (Å²) in [5.41, 5.74) is 0.625. The number of rotatable bonds is 4. The molecule has 2 aromatic heterocycles. The smallest absolute Gasteiger partial charge is 0.347 e. The molecule has 2 heterocycles. The Balaban J connectivity index is 2.42. The minimum absolute atomic E-state index is 0.0813. The molecule has 0 aromatic carbocycles. The second-order valence-corrected chi connectivity index (χ2v) is 6.16. The molecule has 2 rings (SSSR count). The Kier molecular flexibility index (Phi) is 3.77. The molecule has 10 heteroatoms. The lowest BCUT2D eigenvalue weighted by Gasteiger charge is -1.97. The van der Waals surface area contributed by atoms with Gasteiger partial charge in [-0.2, -0.15) is 5.10 Å². The summed E-state index contributed by atoms with van der Waals surface area (Å²) in [4.78, 5) is 25.8. The Hall–Kier alpha value is -1.94. The van der Waals surface area contributed by atoms with Gasteiger partial charge in [-0.3, -0.25) is 14.8 Å². The molecule has 2 aromatic rings. The molecule has 0 aliphatic heterocycles. The molecule has 0 unspecified atom stereocenters. The Bertz CT molecular complexity index is 706. The molecule has 0 atom stereocenters. The van der Waals surface area contributed by atoms with E-state index in [9.17, 15) is 14.9 Å². The summed E-state index contributed by atoms with van der Waals surface area (Å²) in [6.45, 7) is 3.14. The summed E-state index contributed by atoms with van der Waals surface area (Å²) >= 11 is 2.03. The number of aromatic nitrogens is 3. The topological polar surface area (TPSA) is 111 Å². The van der Waals surface area contributed by atoms with Crippen LogP contribution in [-0.4, -0.2) is 30.8 Å². The third-order valence-electron chi connectivity index (χ3n) is 2.48. The molecule has 0 aliphatic rings. The van der Waals surface area contributed by atoms with Gasteiger partial charge in [0.2, 0.25) is 0 Å². The highest BCUT2D eigenvalue weighted by Crippen LogP contribution is 2.38. The van der Waals surface area contributed by atoms with Crippen LogP contribution in [0, 0.1) is 24.0 Å². The molecule has 0 saturated carbocycles. The fraction of sp³-hybridized carbons (Fsp3) is 0.300. The Morgan fingerprint density at radius 2 is 2.10 bits per heavy atom. The number of thiazole rings is 1. The first-order valence-corrected chi connectivity index (χ1v) is 7.01. The van der Waals surface area contributed by atoms with E-state index in [1.807, 2.05) is 0 Å². The third kappa shape index (κ3) is 2.51. The van der Waals surface area contributed by atoms with Crippen molar-refractivity contribution >= 4 is 34.8 Å². The molecular weight excluding hydrogens is 304 g/mol. The van der Waals surface area contributed by atoms with Gasteiger partial charge >= 0.3 is 11.7 Å². The van der Waals surface area contributed by atoms with Crippen molar-refractivity contribution in [3.05, 3.63) is 26.4 Å². The van der Waals surface area contributed by atoms with Crippen molar-refractivity contribution in [3.63, 3.8) is 0 Å². The molecule has 8 nitrogen and oxygen atoms in total. The van der Waals surface area contributed by atoms with Crippen LogP contribution in [-0.2, 0) is 7.05 Å². The molecule has 0 saturated heterocycles. The average Bonchev–Trinajstić information content (AvgIpc) is 2.80. The van der Waals surface area contributed by atoms with Gasteiger partial charge in [0.1, 0.15) is 10.6 Å². The van der Waals surface area contributed by atoms with Crippen LogP contribution < -0.4 is 0 Å². The van der Waals surface area contributed by atoms with Crippen LogP contribution >= 0.6 is 23.1 Å². The summed E-state index contributed by atoms with van der Waals surface area (Å²) < 4.78 is 1.83. The lowest BCUT2D eigenvalue weighted by molar-refractivity contribution is -0.388. The summed E-state index contributed by atoms with van der Waals surface area (Å²) in [5.74, 6) is -1.05. The van der Waals surface area contributed by atoms with Gasteiger partial charge in [0, 0.05) is 7.05 Å². The van der Waals surface area contributed by atoms with Gasteiger partial charge in [-0.25, -0.2) is 9.78 Å². The summed E-state index contributed by atoms with van der Waals surface area (Å²) in [6.07, 6.45) is 0. The minimum atomic E-state index is -1.05. The van der Waals surface area contributed by atoms with E-state index in [-0.39, 0.29) is 10.6 Å². The zero-order chi connectivity index (χ0) is 15.0. The summed E-state index contributed by atoms with van der Waals surface area (Å²) in [6, 6.07) is 0. The number of aromatic carboxylic acids is 1. The van der Waals surface area contributed by atoms with Gasteiger partial charge in [0.25, 0.3) is 0 Å². The lowest BCUT2D eigenvalue weighted by atomic mass is 10.4. The van der Waals surface area contributed by atoms with E-state index in [0.717, 1.165) is 23.1 Å². The molecule has 0 spiro atoms. The van der Waals surface area contributed by atoms with E-state index >= 15 is 0 Å². The quantitative estimate of drug-likeness (QED) is 0.680. The van der Waals surface area contributed by atoms with E-state index in [1.54, 1.807) is 20.9 Å². The molecule has 0 aliphatic carbocycles. The highest BCUT2D eigenvalue weighted by atomic mass is 32.2. The van der Waals surface area contributed by atoms with Crippen molar-refractivity contribution in [1.29, 1.82) is 0 Å². The van der Waals surface area contributed by atoms with Crippen molar-refractivity contribution in [2.45, 2.75) is 23.2 Å². The maximum atomic E-state index is 11.1. The molecule has 0 amide bonds. The number of aryl methyl sites for hydroxylation is 3. The zero-order valence-electron chi connectivity index (χ0n) is 10.8. The highest BCUT2D eigenvalue weighted by molar-refractivity contribution is 8.01. The number of hydrogen-bond donors (Lipinski definition) is 1. The minimum Gasteiger partial charge on any atom is -0.477 e. The van der Waals surface area contributed by atoms with Gasteiger partial charge in [-0.1, -0.05) is 11.3 Å². The molecule has 0 radical (unpaired) electrons. The summed E-state index contributed by atoms with van der Waals surface area (Å²) in [5, 5.41) is 24.4. The van der Waals surface area contributed by atoms with E-state index in [0.29, 0.717) is 20.8 Å². The molecule has 0 fully saturated rings. The van der Waals surface area contributed by atoms with Crippen LogP contribution in [0.4, 0.5) is 5.69 Å². The number of carboxylic acid groups (broad SMARTS) is 1. The highest BCUT2D eigenvalue weighted by Gasteiger charge is 2.26. The number of carbonyl (C=O) groups is 1. The SMILES string of the molecule is Cc1nc(Sc2c([N+](=O)[O-])c(C)nn2C)sc1C(=O)O. The predicted molar refractivity (Wildman–Crippen MR) is 72.5 cm³/mol. The van der Waals surface area contributed by atoms with Gasteiger partial charge < -0.3 is 5.11 Å². The number of hydrogen-bond acceptors (Lipinski definition) is 7.